The van der Waals surface area contributed by atoms with Gasteiger partial charge in [0.25, 0.3) is 0 Å². The highest BCUT2D eigenvalue weighted by Crippen LogP contribution is 2.44. The molecule has 0 amide bonds. The number of furan rings is 3. The van der Waals surface area contributed by atoms with Gasteiger partial charge in [0.2, 0.25) is 0 Å². The first-order valence-electron chi connectivity index (χ1n) is 29.3. The van der Waals surface area contributed by atoms with E-state index in [1.54, 1.807) is 24.3 Å². The fraction of sp³-hybridized carbons (Fsp3) is 0. The van der Waals surface area contributed by atoms with Gasteiger partial charge in [-0.3, -0.25) is 0 Å². The van der Waals surface area contributed by atoms with Crippen LogP contribution in [0.25, 0.3) is 144 Å². The number of hydrogen-bond donors (Lipinski definition) is 0. The first-order valence-corrected chi connectivity index (χ1v) is 20.3. The summed E-state index contributed by atoms with van der Waals surface area (Å²) >= 11 is 0. The maximum absolute atomic E-state index is 9.98. The van der Waals surface area contributed by atoms with Crippen molar-refractivity contribution < 1.29 is 37.9 Å². The summed E-state index contributed by atoms with van der Waals surface area (Å²) in [5.74, 6) is -1.14. The highest BCUT2D eigenvalue weighted by Gasteiger charge is 2.23. The van der Waals surface area contributed by atoms with Gasteiger partial charge in [-0.2, -0.15) is 0 Å². The molecule has 0 spiro atoms. The lowest BCUT2D eigenvalue weighted by atomic mass is 9.97. The van der Waals surface area contributed by atoms with Crippen molar-refractivity contribution >= 4 is 87.4 Å². The monoisotopic (exact) mass is 849 g/mol. The standard InChI is InChI=1S/C59H33N3O3/c1-2-13-34(14-3-1)37-29-30-45-51(33-37)63-50-24-12-21-40(52(45)50)35-25-27-36(28-26-35)57-60-58(46-31-38-15-4-6-17-41(38)55-53(46)43-19-8-10-22-48(43)64-55)62-59(61-57)47-32-39-16-5-7-18-42(39)56-54(47)44-20-9-11-23-49(44)65-56/h1-33H/i4D,5D,6D,7D,8D,9D,10D,11D,15D,16D,17D,18D,19D,20D,22D,23D,31D,32D. The number of fused-ring (bicyclic) bond motifs is 13. The average Bonchev–Trinajstić information content (AvgIpc) is 1.78. The molecule has 4 heterocycles. The molecule has 0 bridgehead atoms. The summed E-state index contributed by atoms with van der Waals surface area (Å²) in [6.45, 7) is 0. The molecule has 0 saturated carbocycles. The molecule has 0 saturated heterocycles. The molecule has 0 aliphatic rings. The molecule has 4 aromatic heterocycles. The number of benzene rings is 10. The van der Waals surface area contributed by atoms with Crippen LogP contribution in [-0.4, -0.2) is 15.0 Å². The lowest BCUT2D eigenvalue weighted by Crippen LogP contribution is -2.01. The molecule has 0 N–H and O–H groups in total. The lowest BCUT2D eigenvalue weighted by molar-refractivity contribution is 0.669. The minimum absolute atomic E-state index is 0.188. The van der Waals surface area contributed by atoms with Crippen LogP contribution >= 0.6 is 0 Å². The van der Waals surface area contributed by atoms with Gasteiger partial charge in [0, 0.05) is 59.8 Å². The van der Waals surface area contributed by atoms with Crippen LogP contribution in [0.1, 0.15) is 24.7 Å². The molecule has 14 rings (SSSR count). The molecular formula is C59H33N3O3. The quantitative estimate of drug-likeness (QED) is 0.172. The van der Waals surface area contributed by atoms with E-state index in [1.165, 1.54) is 0 Å². The van der Waals surface area contributed by atoms with Gasteiger partial charge in [-0.05, 0) is 75.4 Å². The third-order valence-corrected chi connectivity index (χ3v) is 11.6. The van der Waals surface area contributed by atoms with E-state index in [0.717, 1.165) is 33.0 Å². The molecule has 65 heavy (non-hydrogen) atoms. The van der Waals surface area contributed by atoms with Crippen LogP contribution in [0.2, 0.25) is 0 Å². The molecule has 6 heteroatoms. The minimum Gasteiger partial charge on any atom is -0.456 e. The van der Waals surface area contributed by atoms with E-state index in [9.17, 15) is 5.48 Å². The Morgan fingerprint density at radius 1 is 0.338 bits per heavy atom. The maximum atomic E-state index is 9.98. The van der Waals surface area contributed by atoms with E-state index in [4.69, 9.17) is 47.4 Å². The van der Waals surface area contributed by atoms with E-state index in [-0.39, 0.29) is 66.0 Å². The van der Waals surface area contributed by atoms with Crippen molar-refractivity contribution in [2.45, 2.75) is 0 Å². The van der Waals surface area contributed by atoms with Crippen molar-refractivity contribution in [1.29, 1.82) is 0 Å². The van der Waals surface area contributed by atoms with Gasteiger partial charge in [0.15, 0.2) is 17.5 Å². The fourth-order valence-electron chi connectivity index (χ4n) is 8.74. The van der Waals surface area contributed by atoms with Crippen LogP contribution in [-0.2, 0) is 0 Å². The van der Waals surface area contributed by atoms with E-state index in [0.29, 0.717) is 11.2 Å². The number of hydrogen-bond acceptors (Lipinski definition) is 6. The van der Waals surface area contributed by atoms with E-state index < -0.39 is 142 Å². The minimum atomic E-state index is -0.729. The normalized spacial score (nSPS) is 15.9. The summed E-state index contributed by atoms with van der Waals surface area (Å²) in [6.07, 6.45) is 0. The van der Waals surface area contributed by atoms with E-state index in [2.05, 4.69) is 0 Å². The summed E-state index contributed by atoms with van der Waals surface area (Å²) < 4.78 is 181. The van der Waals surface area contributed by atoms with Crippen molar-refractivity contribution in [2.24, 2.45) is 0 Å². The first kappa shape index (κ1) is 22.5. The van der Waals surface area contributed by atoms with Gasteiger partial charge in [0.1, 0.15) is 33.5 Å². The number of rotatable bonds is 5. The predicted molar refractivity (Wildman–Crippen MR) is 264 cm³/mol. The Bertz CT molecular complexity index is 5090. The molecule has 0 unspecified atom stereocenters. The van der Waals surface area contributed by atoms with Crippen molar-refractivity contribution in [2.75, 3.05) is 0 Å². The van der Waals surface area contributed by atoms with E-state index in [1.807, 2.05) is 66.7 Å². The van der Waals surface area contributed by atoms with Gasteiger partial charge in [-0.1, -0.05) is 157 Å². The Labute approximate surface area is 396 Å². The summed E-state index contributed by atoms with van der Waals surface area (Å²) in [4.78, 5) is 14.8. The first-order chi connectivity index (χ1) is 39.7. The van der Waals surface area contributed by atoms with Gasteiger partial charge in [-0.15, -0.1) is 0 Å². The van der Waals surface area contributed by atoms with Crippen LogP contribution in [0.3, 0.4) is 0 Å². The van der Waals surface area contributed by atoms with Gasteiger partial charge in [-0.25, -0.2) is 15.0 Å². The molecule has 0 radical (unpaired) electrons. The third kappa shape index (κ3) is 5.51. The Kier molecular flexibility index (Phi) is 4.78. The Morgan fingerprint density at radius 3 is 1.51 bits per heavy atom. The predicted octanol–water partition coefficient (Wildman–Crippen LogP) is 16.2. The maximum Gasteiger partial charge on any atom is 0.164 e. The molecule has 0 aliphatic heterocycles. The average molecular weight is 850 g/mol. The fourth-order valence-corrected chi connectivity index (χ4v) is 8.74. The highest BCUT2D eigenvalue weighted by molar-refractivity contribution is 6.22. The van der Waals surface area contributed by atoms with Crippen molar-refractivity contribution in [3.05, 3.63) is 200 Å². The number of aromatic nitrogens is 3. The van der Waals surface area contributed by atoms with Gasteiger partial charge < -0.3 is 13.3 Å². The molecule has 0 atom stereocenters. The second-order valence-electron chi connectivity index (χ2n) is 15.3. The zero-order valence-corrected chi connectivity index (χ0v) is 33.2. The summed E-state index contributed by atoms with van der Waals surface area (Å²) in [5.41, 5.74) is 2.73. The van der Waals surface area contributed by atoms with Gasteiger partial charge >= 0.3 is 0 Å². The number of para-hydroxylation sites is 2. The zero-order chi connectivity index (χ0) is 58.3. The van der Waals surface area contributed by atoms with Crippen LogP contribution < -0.4 is 0 Å². The smallest absolute Gasteiger partial charge is 0.164 e. The second kappa shape index (κ2) is 13.8. The second-order valence-corrected chi connectivity index (χ2v) is 15.3. The van der Waals surface area contributed by atoms with Gasteiger partial charge in [0.05, 0.1) is 24.7 Å². The zero-order valence-electron chi connectivity index (χ0n) is 51.2. The lowest BCUT2D eigenvalue weighted by Gasteiger charge is -2.12. The molecular weight excluding hydrogens is 799 g/mol. The molecule has 14 aromatic rings. The SMILES string of the molecule is [2H]c1c([2H])c([2H])c2c(oc3c4c([2H])c([2H])c([2H])c([2H])c4c([2H])c(-c4nc(-c5ccc(-c6cccc7oc8cc(-c9ccccc9)ccc8c67)cc5)nc(-c5c([2H])c6c([2H])c([2H])c([2H])c([2H])c6c6oc7c([2H])c([2H])c([2H])c([2H])c7c56)n4)c32)c1[2H]. The molecule has 302 valence electrons. The topological polar surface area (TPSA) is 78.1 Å². The summed E-state index contributed by atoms with van der Waals surface area (Å²) in [5, 5.41) is -0.868. The molecule has 0 aliphatic carbocycles. The van der Waals surface area contributed by atoms with E-state index >= 15 is 0 Å². The van der Waals surface area contributed by atoms with Crippen LogP contribution in [0.4, 0.5) is 0 Å². The van der Waals surface area contributed by atoms with Crippen molar-refractivity contribution in [1.82, 2.24) is 15.0 Å². The van der Waals surface area contributed by atoms with Crippen molar-refractivity contribution in [3.8, 4) is 56.4 Å². The molecule has 10 aromatic carbocycles. The Morgan fingerprint density at radius 2 is 0.877 bits per heavy atom. The number of nitrogens with zero attached hydrogens (tertiary/aromatic N) is 3. The highest BCUT2D eigenvalue weighted by atomic mass is 16.3. The third-order valence-electron chi connectivity index (χ3n) is 11.6. The largest absolute Gasteiger partial charge is 0.456 e. The van der Waals surface area contributed by atoms with Crippen LogP contribution in [0, 0.1) is 0 Å². The van der Waals surface area contributed by atoms with Crippen LogP contribution in [0.5, 0.6) is 0 Å². The Hall–Kier alpha value is -8.87. The molecule has 0 fully saturated rings. The summed E-state index contributed by atoms with van der Waals surface area (Å²) in [6, 6.07) is 16.4. The summed E-state index contributed by atoms with van der Waals surface area (Å²) in [7, 11) is 0. The van der Waals surface area contributed by atoms with Crippen LogP contribution in [0.15, 0.2) is 213 Å². The Balaban J connectivity index is 1.11. The van der Waals surface area contributed by atoms with Crippen molar-refractivity contribution in [3.63, 3.8) is 0 Å². The molecule has 6 nitrogen and oxygen atoms in total.